The zero-order chi connectivity index (χ0) is 19.4. The van der Waals surface area contributed by atoms with Gasteiger partial charge in [-0.2, -0.15) is 0 Å². The maximum Gasteiger partial charge on any atom is 0.256 e. The Morgan fingerprint density at radius 1 is 1.11 bits per heavy atom. The third-order valence-electron chi connectivity index (χ3n) is 4.58. The molecule has 2 aromatic rings. The van der Waals surface area contributed by atoms with E-state index in [1.54, 1.807) is 18.2 Å². The first-order valence-corrected chi connectivity index (χ1v) is 10.4. The number of anilines is 1. The van der Waals surface area contributed by atoms with Gasteiger partial charge in [-0.25, -0.2) is 0 Å². The first kappa shape index (κ1) is 19.8. The second kappa shape index (κ2) is 8.81. The molecule has 6 heteroatoms. The Morgan fingerprint density at radius 3 is 2.59 bits per heavy atom. The molecule has 4 nitrogen and oxygen atoms in total. The molecule has 3 rings (SSSR count). The number of benzene rings is 2. The van der Waals surface area contributed by atoms with E-state index in [4.69, 9.17) is 11.6 Å². The van der Waals surface area contributed by atoms with Crippen molar-refractivity contribution in [2.24, 2.45) is 0 Å². The molecule has 1 fully saturated rings. The molecular formula is C21H23ClN2O2S. The predicted molar refractivity (Wildman–Crippen MR) is 112 cm³/mol. The predicted octanol–water partition coefficient (Wildman–Crippen LogP) is 4.92. The molecule has 1 aliphatic heterocycles. The van der Waals surface area contributed by atoms with Gasteiger partial charge in [0.25, 0.3) is 5.91 Å². The van der Waals surface area contributed by atoms with Crippen molar-refractivity contribution < 1.29 is 9.59 Å². The fraction of sp³-hybridized carbons (Fsp3) is 0.333. The average Bonchev–Trinajstić information content (AvgIpc) is 3.18. The molecule has 1 saturated heterocycles. The normalized spacial score (nSPS) is 13.7. The van der Waals surface area contributed by atoms with Crippen LogP contribution in [0.3, 0.4) is 0 Å². The molecule has 0 atom stereocenters. The van der Waals surface area contributed by atoms with E-state index in [1.807, 2.05) is 18.7 Å². The number of amides is 2. The number of hydrogen-bond donors (Lipinski definition) is 1. The van der Waals surface area contributed by atoms with Crippen LogP contribution in [0, 0.1) is 13.8 Å². The molecule has 0 aromatic heterocycles. The van der Waals surface area contributed by atoms with E-state index in [-0.39, 0.29) is 17.6 Å². The van der Waals surface area contributed by atoms with Crippen LogP contribution in [0.1, 0.15) is 34.3 Å². The summed E-state index contributed by atoms with van der Waals surface area (Å²) in [5.74, 6) is 0.0655. The number of carbonyl (C=O) groups is 2. The Bertz CT molecular complexity index is 863. The van der Waals surface area contributed by atoms with E-state index in [1.165, 1.54) is 17.3 Å². The molecule has 0 bridgehead atoms. The molecule has 142 valence electrons. The minimum Gasteiger partial charge on any atom is -0.339 e. The van der Waals surface area contributed by atoms with Crippen LogP contribution in [0.25, 0.3) is 0 Å². The number of nitrogens with one attached hydrogen (secondary N) is 1. The minimum atomic E-state index is -0.140. The van der Waals surface area contributed by atoms with Crippen LogP contribution >= 0.6 is 23.4 Å². The Balaban J connectivity index is 1.70. The first-order valence-electron chi connectivity index (χ1n) is 9.03. The zero-order valence-corrected chi connectivity index (χ0v) is 17.1. The molecule has 2 aromatic carbocycles. The molecule has 0 saturated carbocycles. The quantitative estimate of drug-likeness (QED) is 0.722. The summed E-state index contributed by atoms with van der Waals surface area (Å²) >= 11 is 7.59. The van der Waals surface area contributed by atoms with Crippen LogP contribution in [0.2, 0.25) is 5.02 Å². The number of aryl methyl sites for hydroxylation is 2. The molecule has 2 amide bonds. The van der Waals surface area contributed by atoms with E-state index in [9.17, 15) is 9.59 Å². The van der Waals surface area contributed by atoms with Crippen LogP contribution in [0.5, 0.6) is 0 Å². The molecule has 0 spiro atoms. The van der Waals surface area contributed by atoms with Gasteiger partial charge in [0.15, 0.2) is 0 Å². The van der Waals surface area contributed by atoms with E-state index in [0.29, 0.717) is 16.3 Å². The number of thioether (sulfide) groups is 1. The number of halogens is 1. The van der Waals surface area contributed by atoms with Gasteiger partial charge in [-0.3, -0.25) is 9.59 Å². The highest BCUT2D eigenvalue weighted by atomic mass is 35.5. The Hall–Kier alpha value is -1.98. The Kier molecular flexibility index (Phi) is 6.45. The van der Waals surface area contributed by atoms with Crippen molar-refractivity contribution in [1.29, 1.82) is 0 Å². The fourth-order valence-electron chi connectivity index (χ4n) is 3.09. The zero-order valence-electron chi connectivity index (χ0n) is 15.5. The van der Waals surface area contributed by atoms with Crippen molar-refractivity contribution in [1.82, 2.24) is 4.90 Å². The summed E-state index contributed by atoms with van der Waals surface area (Å²) in [6, 6.07) is 11.2. The fourth-order valence-corrected chi connectivity index (χ4v) is 4.18. The standard InChI is InChI=1S/C21H23ClN2O2S/c1-14-5-6-15(2)19(11-14)27-13-20(25)23-18-8-7-16(22)12-17(18)21(26)24-9-3-4-10-24/h5-8,11-12H,3-4,9-10,13H2,1-2H3,(H,23,25). The second-order valence-electron chi connectivity index (χ2n) is 6.80. The second-order valence-corrected chi connectivity index (χ2v) is 8.25. The molecular weight excluding hydrogens is 380 g/mol. The van der Waals surface area contributed by atoms with E-state index < -0.39 is 0 Å². The third kappa shape index (κ3) is 5.05. The van der Waals surface area contributed by atoms with E-state index in [2.05, 4.69) is 23.5 Å². The number of rotatable bonds is 5. The first-order chi connectivity index (χ1) is 12.9. The maximum atomic E-state index is 12.8. The van der Waals surface area contributed by atoms with Crippen LogP contribution in [-0.4, -0.2) is 35.6 Å². The summed E-state index contributed by atoms with van der Waals surface area (Å²) < 4.78 is 0. The largest absolute Gasteiger partial charge is 0.339 e. The van der Waals surface area contributed by atoms with Crippen LogP contribution in [0.4, 0.5) is 5.69 Å². The van der Waals surface area contributed by atoms with Gasteiger partial charge in [-0.15, -0.1) is 11.8 Å². The maximum absolute atomic E-state index is 12.8. The summed E-state index contributed by atoms with van der Waals surface area (Å²) in [5, 5.41) is 3.37. The number of hydrogen-bond acceptors (Lipinski definition) is 3. The SMILES string of the molecule is Cc1ccc(C)c(SCC(=O)Nc2ccc(Cl)cc2C(=O)N2CCCC2)c1. The summed E-state index contributed by atoms with van der Waals surface area (Å²) in [6.07, 6.45) is 2.03. The topological polar surface area (TPSA) is 49.4 Å². The van der Waals surface area contributed by atoms with Gasteiger partial charge >= 0.3 is 0 Å². The molecule has 1 aliphatic rings. The summed E-state index contributed by atoms with van der Waals surface area (Å²) in [4.78, 5) is 28.2. The summed E-state index contributed by atoms with van der Waals surface area (Å²) in [5.41, 5.74) is 3.28. The van der Waals surface area contributed by atoms with Crippen molar-refractivity contribution in [3.05, 3.63) is 58.1 Å². The highest BCUT2D eigenvalue weighted by Crippen LogP contribution is 2.26. The molecule has 0 unspecified atom stereocenters. The number of carbonyl (C=O) groups excluding carboxylic acids is 2. The minimum absolute atomic E-state index is 0.0764. The van der Waals surface area contributed by atoms with Crippen molar-refractivity contribution in [3.63, 3.8) is 0 Å². The number of likely N-dealkylation sites (tertiary alicyclic amines) is 1. The van der Waals surface area contributed by atoms with Gasteiger partial charge in [0.1, 0.15) is 0 Å². The van der Waals surface area contributed by atoms with Crippen molar-refractivity contribution in [2.45, 2.75) is 31.6 Å². The highest BCUT2D eigenvalue weighted by Gasteiger charge is 2.23. The molecule has 1 N–H and O–H groups in total. The lowest BCUT2D eigenvalue weighted by molar-refractivity contribution is -0.113. The Labute approximate surface area is 169 Å². The lowest BCUT2D eigenvalue weighted by Crippen LogP contribution is -2.29. The van der Waals surface area contributed by atoms with Gasteiger partial charge in [-0.05, 0) is 56.5 Å². The van der Waals surface area contributed by atoms with Crippen LogP contribution in [0.15, 0.2) is 41.3 Å². The van der Waals surface area contributed by atoms with Gasteiger partial charge in [0.2, 0.25) is 5.91 Å². The van der Waals surface area contributed by atoms with Crippen LogP contribution < -0.4 is 5.32 Å². The van der Waals surface area contributed by atoms with Gasteiger partial charge in [0.05, 0.1) is 17.0 Å². The Morgan fingerprint density at radius 2 is 1.85 bits per heavy atom. The number of nitrogens with zero attached hydrogens (tertiary/aromatic N) is 1. The lowest BCUT2D eigenvalue weighted by Gasteiger charge is -2.18. The van der Waals surface area contributed by atoms with Crippen molar-refractivity contribution >= 4 is 40.9 Å². The van der Waals surface area contributed by atoms with Crippen molar-refractivity contribution in [3.8, 4) is 0 Å². The van der Waals surface area contributed by atoms with Gasteiger partial charge in [0, 0.05) is 23.0 Å². The lowest BCUT2D eigenvalue weighted by atomic mass is 10.1. The molecule has 0 radical (unpaired) electrons. The van der Waals surface area contributed by atoms with E-state index >= 15 is 0 Å². The van der Waals surface area contributed by atoms with E-state index in [0.717, 1.165) is 36.4 Å². The molecule has 0 aliphatic carbocycles. The summed E-state index contributed by atoms with van der Waals surface area (Å²) in [7, 11) is 0. The van der Waals surface area contributed by atoms with Gasteiger partial charge in [-0.1, -0.05) is 29.3 Å². The van der Waals surface area contributed by atoms with Crippen molar-refractivity contribution in [2.75, 3.05) is 24.2 Å². The third-order valence-corrected chi connectivity index (χ3v) is 5.97. The monoisotopic (exact) mass is 402 g/mol. The van der Waals surface area contributed by atoms with Crippen LogP contribution in [-0.2, 0) is 4.79 Å². The highest BCUT2D eigenvalue weighted by molar-refractivity contribution is 8.00. The smallest absolute Gasteiger partial charge is 0.256 e. The average molecular weight is 403 g/mol. The molecule has 27 heavy (non-hydrogen) atoms. The van der Waals surface area contributed by atoms with Gasteiger partial charge < -0.3 is 10.2 Å². The molecule has 1 heterocycles. The summed E-state index contributed by atoms with van der Waals surface area (Å²) in [6.45, 7) is 5.57.